The van der Waals surface area contributed by atoms with Gasteiger partial charge in [0.15, 0.2) is 11.4 Å². The van der Waals surface area contributed by atoms with Crippen LogP contribution < -0.4 is 10.3 Å². The van der Waals surface area contributed by atoms with Gasteiger partial charge in [-0.2, -0.15) is 5.10 Å². The number of aliphatic hydroxyl groups excluding tert-OH is 1. The molecule has 1 aromatic carbocycles. The number of aromatic nitrogens is 4. The number of rotatable bonds is 5. The molecule has 0 fully saturated rings. The van der Waals surface area contributed by atoms with Crippen LogP contribution in [0, 0.1) is 0 Å². The number of aryl methyl sites for hydroxylation is 1. The third kappa shape index (κ3) is 3.24. The molecule has 1 atom stereocenters. The Hall–Kier alpha value is -2.09. The number of benzene rings is 1. The summed E-state index contributed by atoms with van der Waals surface area (Å²) in [7, 11) is 1.70. The van der Waals surface area contributed by atoms with Crippen molar-refractivity contribution in [3.8, 4) is 5.75 Å². The molecular weight excluding hydrogens is 355 g/mol. The fourth-order valence-electron chi connectivity index (χ4n) is 2.28. The van der Waals surface area contributed by atoms with Gasteiger partial charge in [-0.1, -0.05) is 29.3 Å². The molecule has 1 N–H and O–H groups in total. The number of hydrogen-bond donors (Lipinski definition) is 1. The fourth-order valence-corrected chi connectivity index (χ4v) is 2.78. The second-order valence-corrected chi connectivity index (χ2v) is 6.04. The van der Waals surface area contributed by atoms with Crippen molar-refractivity contribution >= 4 is 34.2 Å². The van der Waals surface area contributed by atoms with Gasteiger partial charge in [0.05, 0.1) is 22.8 Å². The summed E-state index contributed by atoms with van der Waals surface area (Å²) < 4.78 is 8.29. The molecule has 0 radical (unpaired) electrons. The zero-order valence-electron chi connectivity index (χ0n) is 12.7. The number of nitrogens with zero attached hydrogens (tertiary/aromatic N) is 4. The summed E-state index contributed by atoms with van der Waals surface area (Å²) in [5.74, 6) is 0.299. The van der Waals surface area contributed by atoms with Crippen LogP contribution in [0.3, 0.4) is 0 Å². The molecule has 3 aromatic rings. The molecule has 0 aliphatic carbocycles. The molecule has 24 heavy (non-hydrogen) atoms. The molecule has 0 aliphatic heterocycles. The van der Waals surface area contributed by atoms with Gasteiger partial charge in [0, 0.05) is 7.05 Å². The zero-order chi connectivity index (χ0) is 17.3. The summed E-state index contributed by atoms with van der Waals surface area (Å²) in [6.45, 7) is -0.0420. The molecule has 0 saturated carbocycles. The average molecular weight is 369 g/mol. The lowest BCUT2D eigenvalue weighted by Crippen LogP contribution is -2.30. The Morgan fingerprint density at radius 2 is 2.04 bits per heavy atom. The smallest absolute Gasteiger partial charge is 0.264 e. The molecule has 126 valence electrons. The van der Waals surface area contributed by atoms with Crippen molar-refractivity contribution in [2.24, 2.45) is 7.05 Å². The van der Waals surface area contributed by atoms with E-state index < -0.39 is 6.10 Å². The van der Waals surface area contributed by atoms with Crippen molar-refractivity contribution in [2.75, 3.05) is 6.61 Å². The number of fused-ring (bicyclic) bond motifs is 1. The van der Waals surface area contributed by atoms with E-state index in [1.165, 1.54) is 21.8 Å². The van der Waals surface area contributed by atoms with Crippen molar-refractivity contribution in [2.45, 2.75) is 12.6 Å². The van der Waals surface area contributed by atoms with E-state index in [1.54, 1.807) is 25.2 Å². The highest BCUT2D eigenvalue weighted by Crippen LogP contribution is 2.32. The van der Waals surface area contributed by atoms with E-state index in [-0.39, 0.29) is 18.7 Å². The van der Waals surface area contributed by atoms with E-state index in [1.807, 2.05) is 0 Å². The van der Waals surface area contributed by atoms with Gasteiger partial charge >= 0.3 is 0 Å². The number of para-hydroxylation sites is 1. The van der Waals surface area contributed by atoms with E-state index in [2.05, 4.69) is 10.1 Å². The maximum absolute atomic E-state index is 12.3. The maximum atomic E-state index is 12.3. The van der Waals surface area contributed by atoms with Gasteiger partial charge in [-0.25, -0.2) is 4.98 Å². The highest BCUT2D eigenvalue weighted by molar-refractivity contribution is 6.37. The molecule has 3 rings (SSSR count). The van der Waals surface area contributed by atoms with Gasteiger partial charge in [-0.15, -0.1) is 0 Å². The van der Waals surface area contributed by atoms with Crippen LogP contribution in [0.2, 0.25) is 10.0 Å². The molecule has 0 bridgehead atoms. The van der Waals surface area contributed by atoms with E-state index in [4.69, 9.17) is 27.9 Å². The minimum absolute atomic E-state index is 0.0265. The first kappa shape index (κ1) is 16.8. The Kier molecular flexibility index (Phi) is 4.75. The topological polar surface area (TPSA) is 82.2 Å². The summed E-state index contributed by atoms with van der Waals surface area (Å²) in [5, 5.41) is 15.2. The predicted octanol–water partition coefficient (Wildman–Crippen LogP) is 1.88. The largest absolute Gasteiger partial charge is 0.488 e. The summed E-state index contributed by atoms with van der Waals surface area (Å²) in [5.41, 5.74) is 0.216. The average Bonchev–Trinajstić information content (AvgIpc) is 2.92. The van der Waals surface area contributed by atoms with Crippen LogP contribution in [-0.4, -0.2) is 37.1 Å². The highest BCUT2D eigenvalue weighted by atomic mass is 35.5. The van der Waals surface area contributed by atoms with Crippen LogP contribution in [0.1, 0.15) is 0 Å². The molecule has 2 heterocycles. The lowest BCUT2D eigenvalue weighted by Gasteiger charge is -2.15. The van der Waals surface area contributed by atoms with E-state index in [0.29, 0.717) is 26.8 Å². The second-order valence-electron chi connectivity index (χ2n) is 5.22. The molecule has 0 spiro atoms. The minimum Gasteiger partial charge on any atom is -0.488 e. The summed E-state index contributed by atoms with van der Waals surface area (Å²) in [4.78, 5) is 16.5. The van der Waals surface area contributed by atoms with Gasteiger partial charge in [-0.3, -0.25) is 14.0 Å². The van der Waals surface area contributed by atoms with E-state index in [0.717, 1.165) is 0 Å². The van der Waals surface area contributed by atoms with Crippen LogP contribution >= 0.6 is 23.2 Å². The number of aliphatic hydroxyl groups is 1. The quantitative estimate of drug-likeness (QED) is 0.743. The molecule has 1 unspecified atom stereocenters. The first-order chi connectivity index (χ1) is 11.5. The van der Waals surface area contributed by atoms with Crippen molar-refractivity contribution in [3.05, 3.63) is 51.1 Å². The molecule has 0 aliphatic rings. The van der Waals surface area contributed by atoms with Crippen LogP contribution in [0.25, 0.3) is 11.0 Å². The van der Waals surface area contributed by atoms with Crippen LogP contribution in [-0.2, 0) is 13.6 Å². The molecule has 2 aromatic heterocycles. The number of ether oxygens (including phenoxy) is 1. The van der Waals surface area contributed by atoms with Crippen molar-refractivity contribution in [1.82, 2.24) is 19.3 Å². The Morgan fingerprint density at radius 1 is 1.33 bits per heavy atom. The van der Waals surface area contributed by atoms with Crippen LogP contribution in [0.5, 0.6) is 5.75 Å². The zero-order valence-corrected chi connectivity index (χ0v) is 14.2. The van der Waals surface area contributed by atoms with Crippen molar-refractivity contribution in [1.29, 1.82) is 0 Å². The standard InChI is InChI=1S/C15H14Cl2N4O3/c1-20-14-10(5-19-20)15(23)21(8-18-14)6-9(22)7-24-13-11(16)3-2-4-12(13)17/h2-5,8-9,22H,6-7H2,1H3. The SMILES string of the molecule is Cn1ncc2c(=O)n(CC(O)COc3c(Cl)cccc3Cl)cnc21. The predicted molar refractivity (Wildman–Crippen MR) is 90.7 cm³/mol. The van der Waals surface area contributed by atoms with Gasteiger partial charge < -0.3 is 9.84 Å². The minimum atomic E-state index is -0.939. The van der Waals surface area contributed by atoms with Crippen LogP contribution in [0.15, 0.2) is 35.5 Å². The maximum Gasteiger partial charge on any atom is 0.264 e. The first-order valence-corrected chi connectivity index (χ1v) is 7.85. The second kappa shape index (κ2) is 6.80. The van der Waals surface area contributed by atoms with E-state index >= 15 is 0 Å². The molecule has 0 saturated heterocycles. The Morgan fingerprint density at radius 3 is 2.75 bits per heavy atom. The summed E-state index contributed by atoms with van der Waals surface area (Å²) in [6.07, 6.45) is 1.89. The Bertz CT molecular complexity index is 918. The van der Waals surface area contributed by atoms with Crippen molar-refractivity contribution < 1.29 is 9.84 Å². The Balaban J connectivity index is 1.72. The third-order valence-electron chi connectivity index (χ3n) is 3.46. The third-order valence-corrected chi connectivity index (χ3v) is 4.06. The van der Waals surface area contributed by atoms with Gasteiger partial charge in [0.2, 0.25) is 0 Å². The molecular formula is C15H14Cl2N4O3. The summed E-state index contributed by atoms with van der Waals surface area (Å²) >= 11 is 12.0. The number of halogens is 2. The van der Waals surface area contributed by atoms with Gasteiger partial charge in [0.1, 0.15) is 24.4 Å². The van der Waals surface area contributed by atoms with Gasteiger partial charge in [-0.05, 0) is 12.1 Å². The highest BCUT2D eigenvalue weighted by Gasteiger charge is 2.14. The lowest BCUT2D eigenvalue weighted by molar-refractivity contribution is 0.0916. The first-order valence-electron chi connectivity index (χ1n) is 7.09. The monoisotopic (exact) mass is 368 g/mol. The molecule has 9 heteroatoms. The number of hydrogen-bond acceptors (Lipinski definition) is 5. The van der Waals surface area contributed by atoms with E-state index in [9.17, 15) is 9.90 Å². The van der Waals surface area contributed by atoms with Gasteiger partial charge in [0.25, 0.3) is 5.56 Å². The molecule has 7 nitrogen and oxygen atoms in total. The van der Waals surface area contributed by atoms with Crippen molar-refractivity contribution in [3.63, 3.8) is 0 Å². The van der Waals surface area contributed by atoms with Crippen LogP contribution in [0.4, 0.5) is 0 Å². The Labute approximate surface area is 147 Å². The lowest BCUT2D eigenvalue weighted by atomic mass is 10.3. The normalized spacial score (nSPS) is 12.5. The summed E-state index contributed by atoms with van der Waals surface area (Å²) in [6, 6.07) is 4.97. The fraction of sp³-hybridized carbons (Fsp3) is 0.267. The molecule has 0 amide bonds.